The highest BCUT2D eigenvalue weighted by molar-refractivity contribution is 7.93. The Balaban J connectivity index is 2.01. The first kappa shape index (κ1) is 18.7. The van der Waals surface area contributed by atoms with Crippen molar-refractivity contribution in [1.82, 2.24) is 0 Å². The number of hydrogen-bond donors (Lipinski definition) is 1. The van der Waals surface area contributed by atoms with Crippen LogP contribution in [0.15, 0.2) is 53.4 Å². The maximum Gasteiger partial charge on any atom is 0.246 e. The molecule has 5 nitrogen and oxygen atoms in total. The van der Waals surface area contributed by atoms with Gasteiger partial charge in [0.25, 0.3) is 0 Å². The van der Waals surface area contributed by atoms with E-state index in [0.29, 0.717) is 42.1 Å². The molecule has 3 rings (SSSR count). The zero-order chi connectivity index (χ0) is 18.8. The topological polar surface area (TPSA) is 72.5 Å². The maximum atomic E-state index is 13.3. The van der Waals surface area contributed by atoms with Crippen molar-refractivity contribution in [1.29, 1.82) is 0 Å². The molecule has 0 unspecified atom stereocenters. The third kappa shape index (κ3) is 3.19. The van der Waals surface area contributed by atoms with Crippen molar-refractivity contribution in [3.8, 4) is 5.75 Å². The number of halogens is 1. The number of sulfone groups is 1. The van der Waals surface area contributed by atoms with Crippen LogP contribution in [0.2, 0.25) is 5.02 Å². The van der Waals surface area contributed by atoms with E-state index in [4.69, 9.17) is 16.3 Å². The lowest BCUT2D eigenvalue weighted by Gasteiger charge is -2.28. The van der Waals surface area contributed by atoms with Gasteiger partial charge in [-0.15, -0.1) is 0 Å². The zero-order valence-electron chi connectivity index (χ0n) is 14.4. The molecule has 1 aliphatic carbocycles. The van der Waals surface area contributed by atoms with Gasteiger partial charge in [-0.05, 0) is 43.2 Å². The van der Waals surface area contributed by atoms with Crippen LogP contribution in [0.25, 0.3) is 0 Å². The third-order valence-electron chi connectivity index (χ3n) is 4.80. The number of nitrogens with one attached hydrogen (secondary N) is 1. The van der Waals surface area contributed by atoms with Crippen molar-refractivity contribution in [3.63, 3.8) is 0 Å². The second-order valence-electron chi connectivity index (χ2n) is 6.32. The fourth-order valence-corrected chi connectivity index (χ4v) is 5.66. The van der Waals surface area contributed by atoms with Crippen LogP contribution in [-0.4, -0.2) is 26.2 Å². The molecule has 26 heavy (non-hydrogen) atoms. The Morgan fingerprint density at radius 1 is 1.12 bits per heavy atom. The van der Waals surface area contributed by atoms with Crippen LogP contribution < -0.4 is 10.1 Å². The van der Waals surface area contributed by atoms with Crippen LogP contribution in [0, 0.1) is 0 Å². The summed E-state index contributed by atoms with van der Waals surface area (Å²) in [7, 11) is -2.36. The molecular weight excluding hydrogens is 374 g/mol. The first-order valence-electron chi connectivity index (χ1n) is 8.35. The molecule has 1 fully saturated rings. The Labute approximate surface area is 158 Å². The molecule has 7 heteroatoms. The van der Waals surface area contributed by atoms with Crippen LogP contribution in [0.3, 0.4) is 0 Å². The van der Waals surface area contributed by atoms with E-state index >= 15 is 0 Å². The first-order valence-corrected chi connectivity index (χ1v) is 10.2. The van der Waals surface area contributed by atoms with Gasteiger partial charge in [-0.1, -0.05) is 42.6 Å². The molecule has 1 saturated carbocycles. The second kappa shape index (κ2) is 7.29. The summed E-state index contributed by atoms with van der Waals surface area (Å²) in [5.74, 6) is -0.118. The summed E-state index contributed by atoms with van der Waals surface area (Å²) in [5, 5.41) is 3.16. The van der Waals surface area contributed by atoms with Gasteiger partial charge >= 0.3 is 0 Å². The minimum Gasteiger partial charge on any atom is -0.495 e. The van der Waals surface area contributed by atoms with Gasteiger partial charge < -0.3 is 10.1 Å². The van der Waals surface area contributed by atoms with E-state index < -0.39 is 20.5 Å². The lowest BCUT2D eigenvalue weighted by molar-refractivity contribution is -0.118. The fourth-order valence-electron chi connectivity index (χ4n) is 3.40. The number of hydrogen-bond acceptors (Lipinski definition) is 4. The molecular formula is C19H20ClNO4S. The smallest absolute Gasteiger partial charge is 0.246 e. The van der Waals surface area contributed by atoms with Crippen LogP contribution >= 0.6 is 11.6 Å². The number of anilines is 1. The van der Waals surface area contributed by atoms with Crippen LogP contribution in [0.5, 0.6) is 5.75 Å². The van der Waals surface area contributed by atoms with E-state index in [-0.39, 0.29) is 4.90 Å². The van der Waals surface area contributed by atoms with Crippen molar-refractivity contribution >= 4 is 33.0 Å². The van der Waals surface area contributed by atoms with E-state index in [9.17, 15) is 13.2 Å². The predicted molar refractivity (Wildman–Crippen MR) is 101 cm³/mol. The molecule has 0 atom stereocenters. The molecule has 0 aliphatic heterocycles. The molecule has 1 aliphatic rings. The summed E-state index contributed by atoms with van der Waals surface area (Å²) in [6, 6.07) is 13.0. The van der Waals surface area contributed by atoms with Gasteiger partial charge in [-0.25, -0.2) is 8.42 Å². The van der Waals surface area contributed by atoms with Gasteiger partial charge in [0, 0.05) is 5.02 Å². The van der Waals surface area contributed by atoms with Crippen LogP contribution in [-0.2, 0) is 14.6 Å². The molecule has 2 aromatic rings. The number of benzene rings is 2. The highest BCUT2D eigenvalue weighted by atomic mass is 35.5. The minimum atomic E-state index is -3.84. The van der Waals surface area contributed by atoms with Gasteiger partial charge in [0.1, 0.15) is 5.75 Å². The molecule has 138 valence electrons. The molecule has 0 heterocycles. The van der Waals surface area contributed by atoms with E-state index in [1.165, 1.54) is 19.2 Å². The van der Waals surface area contributed by atoms with E-state index in [2.05, 4.69) is 5.32 Å². The highest BCUT2D eigenvalue weighted by Gasteiger charge is 2.53. The Morgan fingerprint density at radius 2 is 1.77 bits per heavy atom. The Bertz CT molecular complexity index is 906. The second-order valence-corrected chi connectivity index (χ2v) is 9.01. The number of carbonyl (C=O) groups excluding carboxylic acids is 1. The van der Waals surface area contributed by atoms with Crippen molar-refractivity contribution in [2.75, 3.05) is 12.4 Å². The summed E-state index contributed by atoms with van der Waals surface area (Å²) < 4.78 is 30.3. The number of methoxy groups -OCH3 is 1. The van der Waals surface area contributed by atoms with Gasteiger partial charge in [-0.2, -0.15) is 0 Å². The largest absolute Gasteiger partial charge is 0.495 e. The molecule has 1 amide bonds. The number of rotatable bonds is 5. The number of ether oxygens (including phenoxy) is 1. The summed E-state index contributed by atoms with van der Waals surface area (Å²) in [5.41, 5.74) is 0.361. The van der Waals surface area contributed by atoms with Crippen molar-refractivity contribution in [3.05, 3.63) is 53.6 Å². The van der Waals surface area contributed by atoms with Gasteiger partial charge in [0.05, 0.1) is 17.7 Å². The third-order valence-corrected chi connectivity index (χ3v) is 7.55. The SMILES string of the molecule is COc1ccc(Cl)cc1NC(=O)C1(S(=O)(=O)c2ccccc2)CCCC1. The average molecular weight is 394 g/mol. The molecule has 0 bridgehead atoms. The van der Waals surface area contributed by atoms with Crippen molar-refractivity contribution in [2.24, 2.45) is 0 Å². The first-order chi connectivity index (χ1) is 12.4. The standard InChI is InChI=1S/C19H20ClNO4S/c1-25-17-10-9-14(20)13-16(17)21-18(22)19(11-5-6-12-19)26(23,24)15-7-3-2-4-8-15/h2-4,7-10,13H,5-6,11-12H2,1H3,(H,21,22). The van der Waals surface area contributed by atoms with Crippen LogP contribution in [0.1, 0.15) is 25.7 Å². The molecule has 2 aromatic carbocycles. The lowest BCUT2D eigenvalue weighted by Crippen LogP contribution is -2.47. The highest BCUT2D eigenvalue weighted by Crippen LogP contribution is 2.42. The lowest BCUT2D eigenvalue weighted by atomic mass is 10.1. The summed E-state index contributed by atoms with van der Waals surface area (Å²) in [4.78, 5) is 13.3. The molecule has 0 saturated heterocycles. The summed E-state index contributed by atoms with van der Waals surface area (Å²) in [6.45, 7) is 0. The van der Waals surface area contributed by atoms with Crippen LogP contribution in [0.4, 0.5) is 5.69 Å². The molecule has 1 N–H and O–H groups in total. The van der Waals surface area contributed by atoms with Crippen molar-refractivity contribution < 1.29 is 17.9 Å². The Hall–Kier alpha value is -2.05. The zero-order valence-corrected chi connectivity index (χ0v) is 15.9. The quantitative estimate of drug-likeness (QED) is 0.830. The number of amides is 1. The molecule has 0 radical (unpaired) electrons. The maximum absolute atomic E-state index is 13.3. The summed E-state index contributed by atoms with van der Waals surface area (Å²) in [6.07, 6.45) is 1.95. The Morgan fingerprint density at radius 3 is 2.38 bits per heavy atom. The van der Waals surface area contributed by atoms with Gasteiger partial charge in [0.15, 0.2) is 14.6 Å². The van der Waals surface area contributed by atoms with E-state index in [1.54, 1.807) is 36.4 Å². The average Bonchev–Trinajstić information content (AvgIpc) is 3.14. The molecule has 0 spiro atoms. The van der Waals surface area contributed by atoms with E-state index in [0.717, 1.165) is 0 Å². The fraction of sp³-hybridized carbons (Fsp3) is 0.316. The summed E-state index contributed by atoms with van der Waals surface area (Å²) >= 11 is 6.01. The van der Waals surface area contributed by atoms with Crippen molar-refractivity contribution in [2.45, 2.75) is 35.3 Å². The minimum absolute atomic E-state index is 0.162. The Kier molecular flexibility index (Phi) is 5.25. The normalized spacial score (nSPS) is 16.2. The monoisotopic (exact) mass is 393 g/mol. The predicted octanol–water partition coefficient (Wildman–Crippen LogP) is 4.07. The molecule has 0 aromatic heterocycles. The van der Waals surface area contributed by atoms with Gasteiger partial charge in [0.2, 0.25) is 5.91 Å². The van der Waals surface area contributed by atoms with E-state index in [1.807, 2.05) is 0 Å². The number of carbonyl (C=O) groups is 1. The van der Waals surface area contributed by atoms with Gasteiger partial charge in [-0.3, -0.25) is 4.79 Å².